The summed E-state index contributed by atoms with van der Waals surface area (Å²) in [7, 11) is -3.08. The summed E-state index contributed by atoms with van der Waals surface area (Å²) in [6.45, 7) is 0.834. The van der Waals surface area contributed by atoms with E-state index in [0.717, 1.165) is 12.8 Å². The number of hydrogen-bond acceptors (Lipinski definition) is 4. The molecular weight excluding hydrogens is 282 g/mol. The second-order valence-corrected chi connectivity index (χ2v) is 8.40. The lowest BCUT2D eigenvalue weighted by molar-refractivity contribution is -0.145. The fourth-order valence-electron chi connectivity index (χ4n) is 2.94. The second-order valence-electron chi connectivity index (χ2n) is 6.26. The summed E-state index contributed by atoms with van der Waals surface area (Å²) in [5, 5.41) is 9.02. The smallest absolute Gasteiger partial charge is 0.308 e. The lowest BCUT2D eigenvalue weighted by atomic mass is 9.96. The first-order valence-electron chi connectivity index (χ1n) is 6.89. The number of piperidine rings is 1. The molecule has 1 saturated carbocycles. The van der Waals surface area contributed by atoms with Crippen LogP contribution in [-0.4, -0.2) is 55.4 Å². The molecule has 1 unspecified atom stereocenters. The number of nitrogens with zero attached hydrogens (tertiary/aromatic N) is 1. The van der Waals surface area contributed by atoms with Crippen LogP contribution in [0.4, 0.5) is 0 Å². The Kier molecular flexibility index (Phi) is 4.09. The molecule has 0 radical (unpaired) electrons. The van der Waals surface area contributed by atoms with E-state index in [1.54, 1.807) is 4.90 Å². The standard InChI is InChI=1S/C13H21NO5S/c1-20(18,19)9-13(4-5-13)7-11(15)14-6-2-3-10(8-14)12(16)17/h10H,2-9H2,1H3,(H,16,17). The molecule has 20 heavy (non-hydrogen) atoms. The maximum absolute atomic E-state index is 12.2. The normalized spacial score (nSPS) is 25.2. The van der Waals surface area contributed by atoms with Crippen molar-refractivity contribution in [3.05, 3.63) is 0 Å². The van der Waals surface area contributed by atoms with Crippen molar-refractivity contribution in [2.45, 2.75) is 32.1 Å². The molecule has 1 aliphatic heterocycles. The van der Waals surface area contributed by atoms with E-state index in [2.05, 4.69) is 0 Å². The molecule has 1 saturated heterocycles. The summed E-state index contributed by atoms with van der Waals surface area (Å²) in [4.78, 5) is 24.8. The van der Waals surface area contributed by atoms with E-state index in [1.165, 1.54) is 6.26 Å². The number of aliphatic carboxylic acids is 1. The monoisotopic (exact) mass is 303 g/mol. The van der Waals surface area contributed by atoms with E-state index < -0.39 is 21.7 Å². The van der Waals surface area contributed by atoms with Gasteiger partial charge in [-0.05, 0) is 31.1 Å². The molecule has 6 nitrogen and oxygen atoms in total. The third kappa shape index (κ3) is 3.94. The van der Waals surface area contributed by atoms with Gasteiger partial charge in [-0.3, -0.25) is 9.59 Å². The number of hydrogen-bond donors (Lipinski definition) is 1. The number of carboxylic acid groups (broad SMARTS) is 1. The quantitative estimate of drug-likeness (QED) is 0.799. The zero-order valence-corrected chi connectivity index (χ0v) is 12.5. The van der Waals surface area contributed by atoms with Gasteiger partial charge in [0.25, 0.3) is 0 Å². The highest BCUT2D eigenvalue weighted by molar-refractivity contribution is 7.90. The van der Waals surface area contributed by atoms with Gasteiger partial charge < -0.3 is 10.0 Å². The predicted octanol–water partition coefficient (Wildman–Crippen LogP) is 0.524. The Morgan fingerprint density at radius 1 is 1.35 bits per heavy atom. The molecular formula is C13H21NO5S. The Balaban J connectivity index is 1.93. The molecule has 2 aliphatic rings. The van der Waals surface area contributed by atoms with E-state index in [0.29, 0.717) is 19.4 Å². The van der Waals surface area contributed by atoms with E-state index in [-0.39, 0.29) is 30.0 Å². The van der Waals surface area contributed by atoms with Crippen molar-refractivity contribution in [1.82, 2.24) is 4.90 Å². The van der Waals surface area contributed by atoms with Gasteiger partial charge in [0.15, 0.2) is 0 Å². The number of carbonyl (C=O) groups is 2. The molecule has 2 rings (SSSR count). The number of rotatable bonds is 5. The number of likely N-dealkylation sites (tertiary alicyclic amines) is 1. The van der Waals surface area contributed by atoms with Crippen molar-refractivity contribution in [2.75, 3.05) is 25.1 Å². The second kappa shape index (κ2) is 5.35. The van der Waals surface area contributed by atoms with Crippen LogP contribution < -0.4 is 0 Å². The van der Waals surface area contributed by atoms with Crippen LogP contribution in [0.1, 0.15) is 32.1 Å². The summed E-state index contributed by atoms with van der Waals surface area (Å²) in [6.07, 6.45) is 4.25. The van der Waals surface area contributed by atoms with Crippen molar-refractivity contribution < 1.29 is 23.1 Å². The number of amides is 1. The van der Waals surface area contributed by atoms with Crippen LogP contribution in [0, 0.1) is 11.3 Å². The molecule has 1 aliphatic carbocycles. The molecule has 0 aromatic heterocycles. The fraction of sp³-hybridized carbons (Fsp3) is 0.846. The van der Waals surface area contributed by atoms with Gasteiger partial charge in [-0.2, -0.15) is 0 Å². The summed E-state index contributed by atoms with van der Waals surface area (Å²) in [5.74, 6) is -1.39. The van der Waals surface area contributed by atoms with Gasteiger partial charge in [0.2, 0.25) is 5.91 Å². The van der Waals surface area contributed by atoms with Crippen LogP contribution in [-0.2, 0) is 19.4 Å². The topological polar surface area (TPSA) is 91.8 Å². The Labute approximate surface area is 119 Å². The first kappa shape index (κ1) is 15.3. The molecule has 0 aromatic rings. The molecule has 0 aromatic carbocycles. The highest BCUT2D eigenvalue weighted by atomic mass is 32.2. The van der Waals surface area contributed by atoms with Gasteiger partial charge >= 0.3 is 5.97 Å². The van der Waals surface area contributed by atoms with E-state index in [1.807, 2.05) is 0 Å². The highest BCUT2D eigenvalue weighted by Crippen LogP contribution is 2.50. The predicted molar refractivity (Wildman–Crippen MR) is 72.9 cm³/mol. The molecule has 1 atom stereocenters. The summed E-state index contributed by atoms with van der Waals surface area (Å²) in [5.41, 5.74) is -0.388. The number of carbonyl (C=O) groups excluding carboxylic acids is 1. The van der Waals surface area contributed by atoms with Gasteiger partial charge in [0, 0.05) is 25.8 Å². The van der Waals surface area contributed by atoms with E-state index >= 15 is 0 Å². The first-order chi connectivity index (χ1) is 9.21. The minimum Gasteiger partial charge on any atom is -0.481 e. The van der Waals surface area contributed by atoms with Crippen LogP contribution in [0.25, 0.3) is 0 Å². The largest absolute Gasteiger partial charge is 0.481 e. The number of sulfone groups is 1. The van der Waals surface area contributed by atoms with Gasteiger partial charge in [-0.15, -0.1) is 0 Å². The van der Waals surface area contributed by atoms with Gasteiger partial charge in [0.1, 0.15) is 9.84 Å². The lowest BCUT2D eigenvalue weighted by Gasteiger charge is -2.31. The van der Waals surface area contributed by atoms with Crippen LogP contribution in [0.3, 0.4) is 0 Å². The average Bonchev–Trinajstić information content (AvgIpc) is 3.06. The van der Waals surface area contributed by atoms with Gasteiger partial charge in [-0.1, -0.05) is 0 Å². The molecule has 114 valence electrons. The first-order valence-corrected chi connectivity index (χ1v) is 8.95. The third-order valence-corrected chi connectivity index (χ3v) is 5.31. The summed E-state index contributed by atoms with van der Waals surface area (Å²) < 4.78 is 22.8. The molecule has 2 fully saturated rings. The van der Waals surface area contributed by atoms with Crippen molar-refractivity contribution >= 4 is 21.7 Å². The molecule has 1 N–H and O–H groups in total. The molecule has 7 heteroatoms. The maximum atomic E-state index is 12.2. The zero-order chi connectivity index (χ0) is 15.0. The molecule has 1 heterocycles. The highest BCUT2D eigenvalue weighted by Gasteiger charge is 2.47. The number of carboxylic acids is 1. The van der Waals surface area contributed by atoms with Crippen molar-refractivity contribution in [3.63, 3.8) is 0 Å². The zero-order valence-electron chi connectivity index (χ0n) is 11.7. The van der Waals surface area contributed by atoms with Gasteiger partial charge in [0.05, 0.1) is 11.7 Å². The summed E-state index contributed by atoms with van der Waals surface area (Å²) >= 11 is 0. The summed E-state index contributed by atoms with van der Waals surface area (Å²) in [6, 6.07) is 0. The Bertz CT molecular complexity index is 509. The van der Waals surface area contributed by atoms with Crippen LogP contribution in [0.2, 0.25) is 0 Å². The average molecular weight is 303 g/mol. The van der Waals surface area contributed by atoms with Crippen molar-refractivity contribution in [2.24, 2.45) is 11.3 Å². The minimum atomic E-state index is -3.08. The molecule has 0 bridgehead atoms. The maximum Gasteiger partial charge on any atom is 0.308 e. The van der Waals surface area contributed by atoms with Crippen LogP contribution in [0.5, 0.6) is 0 Å². The third-order valence-electron chi connectivity index (χ3n) is 4.18. The fourth-order valence-corrected chi connectivity index (χ4v) is 4.45. The van der Waals surface area contributed by atoms with Crippen molar-refractivity contribution in [3.8, 4) is 0 Å². The Morgan fingerprint density at radius 2 is 2.00 bits per heavy atom. The Morgan fingerprint density at radius 3 is 2.50 bits per heavy atom. The molecule has 0 spiro atoms. The van der Waals surface area contributed by atoms with Gasteiger partial charge in [-0.25, -0.2) is 8.42 Å². The molecule has 1 amide bonds. The van der Waals surface area contributed by atoms with Crippen LogP contribution in [0.15, 0.2) is 0 Å². The Hall–Kier alpha value is -1.11. The van der Waals surface area contributed by atoms with Crippen LogP contribution >= 0.6 is 0 Å². The lowest BCUT2D eigenvalue weighted by Crippen LogP contribution is -2.43. The minimum absolute atomic E-state index is 0.0575. The van der Waals surface area contributed by atoms with E-state index in [4.69, 9.17) is 5.11 Å². The SMILES string of the molecule is CS(=O)(=O)CC1(CC(=O)N2CCCC(C(=O)O)C2)CC1. The van der Waals surface area contributed by atoms with Crippen molar-refractivity contribution in [1.29, 1.82) is 0 Å². The van der Waals surface area contributed by atoms with E-state index in [9.17, 15) is 18.0 Å².